The van der Waals surface area contributed by atoms with E-state index in [1.807, 2.05) is 35.7 Å². The topological polar surface area (TPSA) is 77.2 Å². The van der Waals surface area contributed by atoms with Crippen LogP contribution in [-0.2, 0) is 6.61 Å². The fourth-order valence-corrected chi connectivity index (χ4v) is 2.36. The Balaban J connectivity index is 1.95. The highest BCUT2D eigenvalue weighted by molar-refractivity contribution is 7.09. The van der Waals surface area contributed by atoms with Crippen molar-refractivity contribution in [2.45, 2.75) is 6.61 Å². The van der Waals surface area contributed by atoms with Crippen LogP contribution in [0.25, 0.3) is 5.69 Å². The SMILES string of the molecule is O=C(O)c1cnn(-c2ccccc2)c1OCc1nccs1. The molecule has 0 amide bonds. The molecule has 0 aliphatic carbocycles. The molecule has 0 atom stereocenters. The number of ether oxygens (including phenoxy) is 1. The predicted octanol–water partition coefficient (Wildman–Crippen LogP) is 2.61. The van der Waals surface area contributed by atoms with E-state index in [9.17, 15) is 9.90 Å². The molecular formula is C14H11N3O3S. The summed E-state index contributed by atoms with van der Waals surface area (Å²) in [5.74, 6) is -0.879. The lowest BCUT2D eigenvalue weighted by atomic mass is 10.3. The Morgan fingerprint density at radius 2 is 2.14 bits per heavy atom. The molecule has 0 radical (unpaired) electrons. The number of carboxylic acids is 1. The van der Waals surface area contributed by atoms with Crippen LogP contribution in [0.15, 0.2) is 48.1 Å². The van der Waals surface area contributed by atoms with E-state index in [4.69, 9.17) is 4.74 Å². The van der Waals surface area contributed by atoms with Crippen LogP contribution in [0.5, 0.6) is 5.88 Å². The number of carbonyl (C=O) groups is 1. The Hall–Kier alpha value is -2.67. The van der Waals surface area contributed by atoms with Gasteiger partial charge in [-0.15, -0.1) is 11.3 Å². The number of para-hydroxylation sites is 1. The zero-order valence-corrected chi connectivity index (χ0v) is 11.7. The molecule has 106 valence electrons. The van der Waals surface area contributed by atoms with Gasteiger partial charge in [0.05, 0.1) is 11.9 Å². The van der Waals surface area contributed by atoms with Crippen molar-refractivity contribution in [2.24, 2.45) is 0 Å². The van der Waals surface area contributed by atoms with Crippen LogP contribution in [0.3, 0.4) is 0 Å². The first-order valence-electron chi connectivity index (χ1n) is 6.13. The zero-order valence-electron chi connectivity index (χ0n) is 10.8. The molecule has 6 nitrogen and oxygen atoms in total. The molecule has 0 aliphatic rings. The average Bonchev–Trinajstić information content (AvgIpc) is 3.15. The average molecular weight is 301 g/mol. The van der Waals surface area contributed by atoms with Gasteiger partial charge in [0.2, 0.25) is 5.88 Å². The monoisotopic (exact) mass is 301 g/mol. The van der Waals surface area contributed by atoms with Crippen LogP contribution >= 0.6 is 11.3 Å². The number of rotatable bonds is 5. The van der Waals surface area contributed by atoms with E-state index in [0.29, 0.717) is 0 Å². The van der Waals surface area contributed by atoms with Crippen molar-refractivity contribution in [3.05, 3.63) is 58.7 Å². The van der Waals surface area contributed by atoms with E-state index >= 15 is 0 Å². The third-order valence-electron chi connectivity index (χ3n) is 2.77. The lowest BCUT2D eigenvalue weighted by Gasteiger charge is -2.09. The third-order valence-corrected chi connectivity index (χ3v) is 3.53. The third kappa shape index (κ3) is 2.77. The second kappa shape index (κ2) is 5.76. The molecule has 1 N–H and O–H groups in total. The summed E-state index contributed by atoms with van der Waals surface area (Å²) in [5.41, 5.74) is 0.759. The van der Waals surface area contributed by atoms with Gasteiger partial charge in [0.1, 0.15) is 17.2 Å². The van der Waals surface area contributed by atoms with Gasteiger partial charge in [-0.05, 0) is 12.1 Å². The van der Waals surface area contributed by atoms with Crippen molar-refractivity contribution in [1.82, 2.24) is 14.8 Å². The smallest absolute Gasteiger partial charge is 0.342 e. The van der Waals surface area contributed by atoms with Gasteiger partial charge in [0, 0.05) is 11.6 Å². The quantitative estimate of drug-likeness (QED) is 0.784. The highest BCUT2D eigenvalue weighted by Gasteiger charge is 2.19. The molecule has 2 heterocycles. The van der Waals surface area contributed by atoms with Crippen LogP contribution < -0.4 is 4.74 Å². The van der Waals surface area contributed by atoms with Gasteiger partial charge in [0.15, 0.2) is 0 Å². The summed E-state index contributed by atoms with van der Waals surface area (Å²) in [4.78, 5) is 15.4. The Bertz CT molecular complexity index is 738. The molecule has 7 heteroatoms. The summed E-state index contributed by atoms with van der Waals surface area (Å²) >= 11 is 1.45. The van der Waals surface area contributed by atoms with E-state index in [2.05, 4.69) is 10.1 Å². The largest absolute Gasteiger partial charge is 0.477 e. The zero-order chi connectivity index (χ0) is 14.7. The van der Waals surface area contributed by atoms with E-state index in [0.717, 1.165) is 10.7 Å². The number of aromatic carboxylic acids is 1. The van der Waals surface area contributed by atoms with E-state index < -0.39 is 5.97 Å². The second-order valence-corrected chi connectivity index (χ2v) is 5.11. The number of nitrogens with zero attached hydrogens (tertiary/aromatic N) is 3. The van der Waals surface area contributed by atoms with Gasteiger partial charge < -0.3 is 9.84 Å². The lowest BCUT2D eigenvalue weighted by molar-refractivity contribution is 0.0691. The molecule has 0 saturated carbocycles. The summed E-state index contributed by atoms with van der Waals surface area (Å²) in [6.45, 7) is 0.205. The molecule has 0 spiro atoms. The summed E-state index contributed by atoms with van der Waals surface area (Å²) in [6, 6.07) is 9.23. The first-order valence-corrected chi connectivity index (χ1v) is 7.01. The maximum absolute atomic E-state index is 11.3. The minimum absolute atomic E-state index is 0.0235. The van der Waals surface area contributed by atoms with Crippen LogP contribution in [-0.4, -0.2) is 25.8 Å². The van der Waals surface area contributed by atoms with Crippen molar-refractivity contribution < 1.29 is 14.6 Å². The molecule has 2 aromatic heterocycles. The number of hydrogen-bond donors (Lipinski definition) is 1. The minimum atomic E-state index is -1.08. The summed E-state index contributed by atoms with van der Waals surface area (Å²) in [6.07, 6.45) is 2.96. The number of benzene rings is 1. The van der Waals surface area contributed by atoms with E-state index in [1.165, 1.54) is 22.2 Å². The van der Waals surface area contributed by atoms with Gasteiger partial charge in [-0.2, -0.15) is 5.10 Å². The maximum atomic E-state index is 11.3. The van der Waals surface area contributed by atoms with Gasteiger partial charge in [-0.3, -0.25) is 0 Å². The van der Waals surface area contributed by atoms with Crippen LogP contribution in [0.4, 0.5) is 0 Å². The molecule has 3 rings (SSSR count). The highest BCUT2D eigenvalue weighted by atomic mass is 32.1. The molecule has 21 heavy (non-hydrogen) atoms. The first-order chi connectivity index (χ1) is 10.3. The Kier molecular flexibility index (Phi) is 3.65. The maximum Gasteiger partial charge on any atom is 0.342 e. The molecule has 0 fully saturated rings. The number of hydrogen-bond acceptors (Lipinski definition) is 5. The molecule has 0 saturated heterocycles. The van der Waals surface area contributed by atoms with Gasteiger partial charge in [-0.1, -0.05) is 18.2 Å². The molecular weight excluding hydrogens is 290 g/mol. The minimum Gasteiger partial charge on any atom is -0.477 e. The fourth-order valence-electron chi connectivity index (χ4n) is 1.83. The van der Waals surface area contributed by atoms with Gasteiger partial charge in [0.25, 0.3) is 0 Å². The Morgan fingerprint density at radius 1 is 1.33 bits per heavy atom. The summed E-state index contributed by atoms with van der Waals surface area (Å²) in [7, 11) is 0. The van der Waals surface area contributed by atoms with Crippen LogP contribution in [0, 0.1) is 0 Å². The summed E-state index contributed by atoms with van der Waals surface area (Å²) in [5, 5.41) is 15.9. The van der Waals surface area contributed by atoms with Crippen molar-refractivity contribution in [1.29, 1.82) is 0 Å². The Labute approximate surface area is 124 Å². The lowest BCUT2D eigenvalue weighted by Crippen LogP contribution is -2.06. The highest BCUT2D eigenvalue weighted by Crippen LogP contribution is 2.24. The normalized spacial score (nSPS) is 10.5. The van der Waals surface area contributed by atoms with E-state index in [1.54, 1.807) is 6.20 Å². The molecule has 3 aromatic rings. The second-order valence-electron chi connectivity index (χ2n) is 4.13. The Morgan fingerprint density at radius 3 is 2.81 bits per heavy atom. The van der Waals surface area contributed by atoms with Crippen LogP contribution in [0.1, 0.15) is 15.4 Å². The van der Waals surface area contributed by atoms with Crippen molar-refractivity contribution >= 4 is 17.3 Å². The molecule has 0 aliphatic heterocycles. The van der Waals surface area contributed by atoms with Crippen LogP contribution in [0.2, 0.25) is 0 Å². The van der Waals surface area contributed by atoms with Crippen molar-refractivity contribution in [3.63, 3.8) is 0 Å². The standard InChI is InChI=1S/C14H11N3O3S/c18-14(19)11-8-16-17(10-4-2-1-3-5-10)13(11)20-9-12-15-6-7-21-12/h1-8H,9H2,(H,18,19). The predicted molar refractivity (Wildman–Crippen MR) is 77.0 cm³/mol. The summed E-state index contributed by atoms with van der Waals surface area (Å²) < 4.78 is 7.11. The first kappa shape index (κ1) is 13.3. The fraction of sp³-hybridized carbons (Fsp3) is 0.0714. The van der Waals surface area contributed by atoms with Gasteiger partial charge >= 0.3 is 5.97 Å². The van der Waals surface area contributed by atoms with Crippen molar-refractivity contribution in [2.75, 3.05) is 0 Å². The van der Waals surface area contributed by atoms with E-state index in [-0.39, 0.29) is 18.1 Å². The number of thiazole rings is 1. The number of aromatic nitrogens is 3. The van der Waals surface area contributed by atoms with Gasteiger partial charge in [-0.25, -0.2) is 14.5 Å². The molecule has 0 bridgehead atoms. The number of carboxylic acid groups (broad SMARTS) is 1. The molecule has 1 aromatic carbocycles. The van der Waals surface area contributed by atoms with Crippen molar-refractivity contribution in [3.8, 4) is 11.6 Å². The molecule has 0 unspecified atom stereocenters.